The van der Waals surface area contributed by atoms with E-state index >= 15 is 0 Å². The van der Waals surface area contributed by atoms with Crippen LogP contribution in [-0.4, -0.2) is 56.7 Å². The third-order valence-corrected chi connectivity index (χ3v) is 6.20. The lowest BCUT2D eigenvalue weighted by atomic mass is 10.1. The van der Waals surface area contributed by atoms with Crippen molar-refractivity contribution in [1.82, 2.24) is 4.90 Å². The fraction of sp³-hybridized carbons (Fsp3) is 0.455. The molecular weight excluding hydrogens is 388 g/mol. The molecular formula is C22H28N2O4S. The first kappa shape index (κ1) is 21.2. The molecule has 0 bridgehead atoms. The molecule has 1 fully saturated rings. The molecule has 7 heteroatoms. The minimum atomic E-state index is -0.415. The number of piperazine rings is 1. The molecule has 1 aromatic carbocycles. The van der Waals surface area contributed by atoms with Gasteiger partial charge >= 0.3 is 5.97 Å². The van der Waals surface area contributed by atoms with E-state index in [1.54, 1.807) is 12.0 Å². The van der Waals surface area contributed by atoms with E-state index in [9.17, 15) is 9.59 Å². The van der Waals surface area contributed by atoms with Gasteiger partial charge in [0.2, 0.25) is 0 Å². The Labute approximate surface area is 176 Å². The number of amides is 1. The minimum absolute atomic E-state index is 0.153. The number of nitrogens with zero attached hydrogens (tertiary/aromatic N) is 2. The molecule has 1 amide bonds. The molecule has 3 rings (SSSR count). The molecule has 156 valence electrons. The first-order chi connectivity index (χ1) is 14.0. The fourth-order valence-corrected chi connectivity index (χ4v) is 4.48. The number of benzene rings is 1. The van der Waals surface area contributed by atoms with Crippen molar-refractivity contribution in [3.63, 3.8) is 0 Å². The highest BCUT2D eigenvalue weighted by molar-refractivity contribution is 7.14. The van der Waals surface area contributed by atoms with Gasteiger partial charge in [-0.15, -0.1) is 11.3 Å². The van der Waals surface area contributed by atoms with E-state index in [0.717, 1.165) is 29.2 Å². The van der Waals surface area contributed by atoms with Gasteiger partial charge in [0.15, 0.2) is 6.61 Å². The molecule has 0 saturated carbocycles. The highest BCUT2D eigenvalue weighted by atomic mass is 32.1. The molecule has 2 heterocycles. The summed E-state index contributed by atoms with van der Waals surface area (Å²) in [5.41, 5.74) is 2.22. The first-order valence-corrected chi connectivity index (χ1v) is 10.8. The number of rotatable bonds is 7. The maximum absolute atomic E-state index is 12.5. The summed E-state index contributed by atoms with van der Waals surface area (Å²) < 4.78 is 10.7. The van der Waals surface area contributed by atoms with E-state index in [1.165, 1.54) is 16.9 Å². The molecule has 0 N–H and O–H groups in total. The molecule has 0 unspecified atom stereocenters. The molecule has 1 aliphatic rings. The quantitative estimate of drug-likeness (QED) is 0.647. The van der Waals surface area contributed by atoms with Crippen LogP contribution in [0.5, 0.6) is 5.75 Å². The second-order valence-electron chi connectivity index (χ2n) is 7.06. The van der Waals surface area contributed by atoms with Crippen molar-refractivity contribution < 1.29 is 19.1 Å². The van der Waals surface area contributed by atoms with Crippen molar-refractivity contribution >= 4 is 28.9 Å². The summed E-state index contributed by atoms with van der Waals surface area (Å²) >= 11 is 1.43. The van der Waals surface area contributed by atoms with Gasteiger partial charge in [-0.05, 0) is 37.1 Å². The summed E-state index contributed by atoms with van der Waals surface area (Å²) in [6.45, 7) is 6.52. The van der Waals surface area contributed by atoms with Crippen molar-refractivity contribution in [2.24, 2.45) is 0 Å². The van der Waals surface area contributed by atoms with E-state index in [4.69, 9.17) is 9.47 Å². The lowest BCUT2D eigenvalue weighted by molar-refractivity contribution is -0.134. The van der Waals surface area contributed by atoms with Crippen LogP contribution in [0.4, 0.5) is 5.69 Å². The van der Waals surface area contributed by atoms with Crippen LogP contribution in [0.3, 0.4) is 0 Å². The molecule has 0 radical (unpaired) electrons. The van der Waals surface area contributed by atoms with Crippen molar-refractivity contribution in [2.75, 3.05) is 44.8 Å². The molecule has 1 aliphatic heterocycles. The number of esters is 1. The second-order valence-corrected chi connectivity index (χ2v) is 8.31. The van der Waals surface area contributed by atoms with E-state index in [1.807, 2.05) is 37.3 Å². The number of carbonyl (C=O) groups excluding carboxylic acids is 2. The summed E-state index contributed by atoms with van der Waals surface area (Å²) in [7, 11) is 1.66. The van der Waals surface area contributed by atoms with Gasteiger partial charge in [0.05, 0.1) is 12.8 Å². The Morgan fingerprint density at radius 3 is 2.55 bits per heavy atom. The predicted octanol–water partition coefficient (Wildman–Crippen LogP) is 3.52. The lowest BCUT2D eigenvalue weighted by Crippen LogP contribution is -2.50. The number of thiophene rings is 1. The van der Waals surface area contributed by atoms with Gasteiger partial charge in [0.1, 0.15) is 10.6 Å². The first-order valence-electron chi connectivity index (χ1n) is 9.95. The van der Waals surface area contributed by atoms with Crippen LogP contribution in [0.2, 0.25) is 0 Å². The Kier molecular flexibility index (Phi) is 7.14. The maximum Gasteiger partial charge on any atom is 0.348 e. The van der Waals surface area contributed by atoms with Crippen molar-refractivity contribution in [3.05, 3.63) is 45.6 Å². The summed E-state index contributed by atoms with van der Waals surface area (Å²) in [4.78, 5) is 30.5. The highest BCUT2D eigenvalue weighted by Crippen LogP contribution is 2.28. The zero-order valence-corrected chi connectivity index (χ0v) is 18.1. The number of hydrogen-bond acceptors (Lipinski definition) is 6. The van der Waals surface area contributed by atoms with Crippen LogP contribution in [0, 0.1) is 6.92 Å². The Morgan fingerprint density at radius 1 is 1.14 bits per heavy atom. The van der Waals surface area contributed by atoms with Crippen molar-refractivity contribution in [3.8, 4) is 5.75 Å². The zero-order valence-electron chi connectivity index (χ0n) is 17.3. The van der Waals surface area contributed by atoms with Crippen LogP contribution in [-0.2, 0) is 16.0 Å². The molecule has 0 spiro atoms. The highest BCUT2D eigenvalue weighted by Gasteiger charge is 2.24. The zero-order chi connectivity index (χ0) is 20.8. The number of anilines is 1. The normalized spacial score (nSPS) is 14.0. The number of aryl methyl sites for hydroxylation is 2. The van der Waals surface area contributed by atoms with E-state index in [2.05, 4.69) is 11.8 Å². The Balaban J connectivity index is 1.50. The Hall–Kier alpha value is -2.54. The standard InChI is InChI=1S/C22H28N2O4S/c1-4-7-17-14-20(29-16(17)2)22(26)28-15-21(25)24-12-10-23(11-13-24)18-8-5-6-9-19(18)27-3/h5-6,8-9,14H,4,7,10-13,15H2,1-3H3. The van der Waals surface area contributed by atoms with Crippen LogP contribution in [0.15, 0.2) is 30.3 Å². The van der Waals surface area contributed by atoms with E-state index in [0.29, 0.717) is 31.1 Å². The molecule has 1 aromatic heterocycles. The number of ether oxygens (including phenoxy) is 2. The molecule has 0 aliphatic carbocycles. The smallest absolute Gasteiger partial charge is 0.348 e. The largest absolute Gasteiger partial charge is 0.495 e. The van der Waals surface area contributed by atoms with Gasteiger partial charge in [-0.2, -0.15) is 0 Å². The Bertz CT molecular complexity index is 856. The average molecular weight is 417 g/mol. The molecule has 2 aromatic rings. The summed E-state index contributed by atoms with van der Waals surface area (Å²) in [5, 5.41) is 0. The van der Waals surface area contributed by atoms with E-state index < -0.39 is 5.97 Å². The second kappa shape index (κ2) is 9.78. The lowest BCUT2D eigenvalue weighted by Gasteiger charge is -2.36. The topological polar surface area (TPSA) is 59.1 Å². The summed E-state index contributed by atoms with van der Waals surface area (Å²) in [5.74, 6) is 0.261. The van der Waals surface area contributed by atoms with Gasteiger partial charge in [0.25, 0.3) is 5.91 Å². The number of para-hydroxylation sites is 2. The van der Waals surface area contributed by atoms with Gasteiger partial charge < -0.3 is 19.3 Å². The summed E-state index contributed by atoms with van der Waals surface area (Å²) in [6, 6.07) is 9.77. The Morgan fingerprint density at radius 2 is 1.86 bits per heavy atom. The fourth-order valence-electron chi connectivity index (χ4n) is 3.52. The van der Waals surface area contributed by atoms with Gasteiger partial charge in [-0.25, -0.2) is 4.79 Å². The third kappa shape index (κ3) is 5.09. The SMILES string of the molecule is CCCc1cc(C(=O)OCC(=O)N2CCN(c3ccccc3OC)CC2)sc1C. The maximum atomic E-state index is 12.5. The van der Waals surface area contributed by atoms with Crippen LogP contribution in [0.1, 0.15) is 33.5 Å². The van der Waals surface area contributed by atoms with Crippen molar-refractivity contribution in [1.29, 1.82) is 0 Å². The van der Waals surface area contributed by atoms with Crippen LogP contribution >= 0.6 is 11.3 Å². The van der Waals surface area contributed by atoms with Crippen LogP contribution < -0.4 is 9.64 Å². The predicted molar refractivity (Wildman–Crippen MR) is 115 cm³/mol. The van der Waals surface area contributed by atoms with Gasteiger partial charge in [-0.1, -0.05) is 25.5 Å². The van der Waals surface area contributed by atoms with Crippen molar-refractivity contribution in [2.45, 2.75) is 26.7 Å². The molecule has 6 nitrogen and oxygen atoms in total. The van der Waals surface area contributed by atoms with Gasteiger partial charge in [-0.3, -0.25) is 4.79 Å². The number of methoxy groups -OCH3 is 1. The third-order valence-electron chi connectivity index (χ3n) is 5.13. The molecule has 1 saturated heterocycles. The van der Waals surface area contributed by atoms with E-state index in [-0.39, 0.29) is 12.5 Å². The molecule has 29 heavy (non-hydrogen) atoms. The minimum Gasteiger partial charge on any atom is -0.495 e. The summed E-state index contributed by atoms with van der Waals surface area (Å²) in [6.07, 6.45) is 1.98. The van der Waals surface area contributed by atoms with Crippen LogP contribution in [0.25, 0.3) is 0 Å². The van der Waals surface area contributed by atoms with Gasteiger partial charge in [0, 0.05) is 31.1 Å². The number of carbonyl (C=O) groups is 2. The monoisotopic (exact) mass is 416 g/mol. The number of hydrogen-bond donors (Lipinski definition) is 0. The average Bonchev–Trinajstić information content (AvgIpc) is 3.12. The molecule has 0 atom stereocenters.